The van der Waals surface area contributed by atoms with Gasteiger partial charge in [0.15, 0.2) is 5.90 Å². The van der Waals surface area contributed by atoms with Crippen molar-refractivity contribution in [2.45, 2.75) is 38.3 Å². The Bertz CT molecular complexity index is 355. The SMILES string of the molecule is CCCC1=NC2C(CC(CO)C(C=O)C2C=O)O1. The zero-order valence-corrected chi connectivity index (χ0v) is 10.5. The van der Waals surface area contributed by atoms with E-state index in [1.165, 1.54) is 0 Å². The standard InChI is InChI=1S/C13H19NO4/c1-2-3-12-14-13-10(7-17)9(6-16)8(5-15)4-11(13)18-12/h6-11,13,15H,2-5H2,1H3. The number of aldehydes is 2. The van der Waals surface area contributed by atoms with E-state index in [1.807, 2.05) is 6.92 Å². The first kappa shape index (κ1) is 13.2. The largest absolute Gasteiger partial charge is 0.475 e. The van der Waals surface area contributed by atoms with Crippen LogP contribution >= 0.6 is 0 Å². The van der Waals surface area contributed by atoms with E-state index < -0.39 is 11.8 Å². The molecule has 1 fully saturated rings. The molecule has 18 heavy (non-hydrogen) atoms. The Kier molecular flexibility index (Phi) is 4.11. The maximum Gasteiger partial charge on any atom is 0.184 e. The van der Waals surface area contributed by atoms with Gasteiger partial charge in [0.1, 0.15) is 24.7 Å². The summed E-state index contributed by atoms with van der Waals surface area (Å²) in [5, 5.41) is 9.33. The van der Waals surface area contributed by atoms with Crippen molar-refractivity contribution >= 4 is 18.5 Å². The summed E-state index contributed by atoms with van der Waals surface area (Å²) in [4.78, 5) is 26.8. The molecule has 1 saturated carbocycles. The second kappa shape index (κ2) is 5.61. The molecule has 0 spiro atoms. The number of aliphatic hydroxyl groups excluding tert-OH is 1. The highest BCUT2D eigenvalue weighted by Crippen LogP contribution is 2.39. The maximum absolute atomic E-state index is 11.2. The fraction of sp³-hybridized carbons (Fsp3) is 0.769. The van der Waals surface area contributed by atoms with Crippen molar-refractivity contribution in [2.75, 3.05) is 6.61 Å². The molecule has 0 amide bonds. The van der Waals surface area contributed by atoms with Crippen LogP contribution in [0.1, 0.15) is 26.2 Å². The van der Waals surface area contributed by atoms with Crippen LogP contribution in [0, 0.1) is 17.8 Å². The molecule has 2 rings (SSSR count). The number of carbonyl (C=O) groups excluding carboxylic acids is 2. The lowest BCUT2D eigenvalue weighted by Gasteiger charge is -2.37. The molecular formula is C13H19NO4. The van der Waals surface area contributed by atoms with Crippen LogP contribution in [0.5, 0.6) is 0 Å². The minimum absolute atomic E-state index is 0.0938. The van der Waals surface area contributed by atoms with Gasteiger partial charge in [-0.05, 0) is 18.8 Å². The van der Waals surface area contributed by atoms with Crippen molar-refractivity contribution in [2.24, 2.45) is 22.7 Å². The number of ether oxygens (including phenoxy) is 1. The minimum Gasteiger partial charge on any atom is -0.475 e. The van der Waals surface area contributed by atoms with Gasteiger partial charge in [0, 0.05) is 18.9 Å². The first-order chi connectivity index (χ1) is 8.74. The van der Waals surface area contributed by atoms with Crippen molar-refractivity contribution in [3.05, 3.63) is 0 Å². The monoisotopic (exact) mass is 253 g/mol. The third kappa shape index (κ3) is 2.19. The molecule has 0 aromatic heterocycles. The minimum atomic E-state index is -0.465. The zero-order valence-electron chi connectivity index (χ0n) is 10.5. The summed E-state index contributed by atoms with van der Waals surface area (Å²) in [6.45, 7) is 1.94. The number of aliphatic hydroxyl groups is 1. The Labute approximate surface area is 106 Å². The van der Waals surface area contributed by atoms with E-state index in [0.29, 0.717) is 12.3 Å². The van der Waals surface area contributed by atoms with Crippen LogP contribution in [-0.2, 0) is 14.3 Å². The van der Waals surface area contributed by atoms with Crippen molar-refractivity contribution in [1.82, 2.24) is 0 Å². The number of hydrogen-bond donors (Lipinski definition) is 1. The fourth-order valence-electron chi connectivity index (χ4n) is 2.95. The Hall–Kier alpha value is -1.23. The van der Waals surface area contributed by atoms with E-state index in [0.717, 1.165) is 25.4 Å². The van der Waals surface area contributed by atoms with Gasteiger partial charge in [-0.15, -0.1) is 0 Å². The van der Waals surface area contributed by atoms with E-state index >= 15 is 0 Å². The molecule has 1 heterocycles. The van der Waals surface area contributed by atoms with Crippen LogP contribution in [0.2, 0.25) is 0 Å². The molecule has 1 aliphatic heterocycles. The predicted molar refractivity (Wildman–Crippen MR) is 65.3 cm³/mol. The summed E-state index contributed by atoms with van der Waals surface area (Å²) in [5.41, 5.74) is 0. The highest BCUT2D eigenvalue weighted by molar-refractivity contribution is 5.79. The summed E-state index contributed by atoms with van der Waals surface area (Å²) in [6.07, 6.45) is 3.70. The lowest BCUT2D eigenvalue weighted by Crippen LogP contribution is -2.47. The second-order valence-corrected chi connectivity index (χ2v) is 5.02. The van der Waals surface area contributed by atoms with Gasteiger partial charge in [-0.2, -0.15) is 0 Å². The van der Waals surface area contributed by atoms with E-state index in [1.54, 1.807) is 0 Å². The number of nitrogens with zero attached hydrogens (tertiary/aromatic N) is 1. The summed E-state index contributed by atoms with van der Waals surface area (Å²) >= 11 is 0. The quantitative estimate of drug-likeness (QED) is 0.728. The van der Waals surface area contributed by atoms with E-state index in [-0.39, 0.29) is 24.7 Å². The summed E-state index contributed by atoms with van der Waals surface area (Å²) in [7, 11) is 0. The molecule has 5 unspecified atom stereocenters. The molecule has 1 aliphatic carbocycles. The third-order valence-electron chi connectivity index (χ3n) is 3.89. The molecule has 0 aromatic carbocycles. The van der Waals surface area contributed by atoms with Gasteiger partial charge in [-0.25, -0.2) is 4.99 Å². The van der Waals surface area contributed by atoms with Crippen molar-refractivity contribution in [3.8, 4) is 0 Å². The Balaban J connectivity index is 2.20. The molecule has 0 aromatic rings. The van der Waals surface area contributed by atoms with Crippen LogP contribution in [-0.4, -0.2) is 42.3 Å². The van der Waals surface area contributed by atoms with Crippen molar-refractivity contribution < 1.29 is 19.4 Å². The molecule has 1 N–H and O–H groups in total. The number of carbonyl (C=O) groups is 2. The molecule has 0 bridgehead atoms. The molecule has 2 aliphatic rings. The molecule has 5 heteroatoms. The Morgan fingerprint density at radius 3 is 2.67 bits per heavy atom. The Morgan fingerprint density at radius 1 is 1.39 bits per heavy atom. The molecular weight excluding hydrogens is 234 g/mol. The lowest BCUT2D eigenvalue weighted by atomic mass is 9.70. The predicted octanol–water partition coefficient (Wildman–Crippen LogP) is 0.595. The smallest absolute Gasteiger partial charge is 0.184 e. The van der Waals surface area contributed by atoms with Gasteiger partial charge in [0.25, 0.3) is 0 Å². The summed E-state index contributed by atoms with van der Waals surface area (Å²) in [5.74, 6) is -0.424. The first-order valence-electron chi connectivity index (χ1n) is 6.49. The van der Waals surface area contributed by atoms with Crippen LogP contribution < -0.4 is 0 Å². The molecule has 5 atom stereocenters. The fourth-order valence-corrected chi connectivity index (χ4v) is 2.95. The lowest BCUT2D eigenvalue weighted by molar-refractivity contribution is -0.126. The van der Waals surface area contributed by atoms with E-state index in [4.69, 9.17) is 4.74 Å². The van der Waals surface area contributed by atoms with E-state index in [2.05, 4.69) is 4.99 Å². The van der Waals surface area contributed by atoms with Crippen molar-refractivity contribution in [3.63, 3.8) is 0 Å². The summed E-state index contributed by atoms with van der Waals surface area (Å²) < 4.78 is 5.73. The zero-order chi connectivity index (χ0) is 13.1. The van der Waals surface area contributed by atoms with Crippen LogP contribution in [0.15, 0.2) is 4.99 Å². The van der Waals surface area contributed by atoms with Crippen LogP contribution in [0.25, 0.3) is 0 Å². The molecule has 0 radical (unpaired) electrons. The average molecular weight is 253 g/mol. The number of fused-ring (bicyclic) bond motifs is 1. The topological polar surface area (TPSA) is 76.0 Å². The second-order valence-electron chi connectivity index (χ2n) is 5.02. The third-order valence-corrected chi connectivity index (χ3v) is 3.89. The highest BCUT2D eigenvalue weighted by atomic mass is 16.5. The van der Waals surface area contributed by atoms with Crippen LogP contribution in [0.4, 0.5) is 0 Å². The van der Waals surface area contributed by atoms with Gasteiger partial charge >= 0.3 is 0 Å². The average Bonchev–Trinajstić information content (AvgIpc) is 2.78. The van der Waals surface area contributed by atoms with E-state index in [9.17, 15) is 14.7 Å². The normalized spacial score (nSPS) is 38.6. The first-order valence-corrected chi connectivity index (χ1v) is 6.49. The highest BCUT2D eigenvalue weighted by Gasteiger charge is 2.48. The van der Waals surface area contributed by atoms with Crippen molar-refractivity contribution in [1.29, 1.82) is 0 Å². The summed E-state index contributed by atoms with van der Waals surface area (Å²) in [6, 6.07) is -0.248. The van der Waals surface area contributed by atoms with Gasteiger partial charge in [-0.3, -0.25) is 0 Å². The number of aliphatic imine (C=N–C) groups is 1. The molecule has 100 valence electrons. The maximum atomic E-state index is 11.2. The van der Waals surface area contributed by atoms with Crippen LogP contribution in [0.3, 0.4) is 0 Å². The number of hydrogen-bond acceptors (Lipinski definition) is 5. The van der Waals surface area contributed by atoms with Gasteiger partial charge < -0.3 is 19.4 Å². The van der Waals surface area contributed by atoms with Gasteiger partial charge in [0.2, 0.25) is 0 Å². The Morgan fingerprint density at radius 2 is 2.11 bits per heavy atom. The van der Waals surface area contributed by atoms with Gasteiger partial charge in [-0.1, -0.05) is 6.92 Å². The molecule has 5 nitrogen and oxygen atoms in total. The molecule has 0 saturated heterocycles. The van der Waals surface area contributed by atoms with Gasteiger partial charge in [0.05, 0.1) is 5.92 Å². The number of rotatable bonds is 5.